The molecule has 0 bridgehead atoms. The van der Waals surface area contributed by atoms with Crippen molar-refractivity contribution in [2.75, 3.05) is 6.61 Å². The molecule has 7 nitrogen and oxygen atoms in total. The van der Waals surface area contributed by atoms with Crippen molar-refractivity contribution in [3.05, 3.63) is 63.6 Å². The molecule has 2 aromatic rings. The van der Waals surface area contributed by atoms with Gasteiger partial charge in [-0.25, -0.2) is 18.4 Å². The highest BCUT2D eigenvalue weighted by atomic mass is 35.5. The Kier molecular flexibility index (Phi) is 6.60. The molecule has 0 saturated carbocycles. The second-order valence-corrected chi connectivity index (χ2v) is 7.57. The Hall–Kier alpha value is -2.13. The highest BCUT2D eigenvalue weighted by Gasteiger charge is 2.18. The van der Waals surface area contributed by atoms with Crippen molar-refractivity contribution in [3.63, 3.8) is 0 Å². The second kappa shape index (κ2) is 8.50. The van der Waals surface area contributed by atoms with Crippen LogP contribution in [-0.2, 0) is 26.1 Å². The maximum Gasteiger partial charge on any atom is 0.340 e. The summed E-state index contributed by atoms with van der Waals surface area (Å²) in [6.07, 6.45) is 0. The predicted octanol–water partition coefficient (Wildman–Crippen LogP) is 2.11. The summed E-state index contributed by atoms with van der Waals surface area (Å²) < 4.78 is 27.5. The van der Waals surface area contributed by atoms with Gasteiger partial charge in [0.25, 0.3) is 5.91 Å². The number of rotatable bonds is 6. The van der Waals surface area contributed by atoms with E-state index in [0.29, 0.717) is 5.02 Å². The van der Waals surface area contributed by atoms with Crippen LogP contribution in [0, 0.1) is 0 Å². The van der Waals surface area contributed by atoms with Crippen LogP contribution in [0.1, 0.15) is 15.9 Å². The van der Waals surface area contributed by atoms with Gasteiger partial charge in [0.2, 0.25) is 10.0 Å². The summed E-state index contributed by atoms with van der Waals surface area (Å²) in [5.41, 5.74) is 0.613. The smallest absolute Gasteiger partial charge is 0.340 e. The number of benzene rings is 2. The number of sulfonamides is 1. The fourth-order valence-electron chi connectivity index (χ4n) is 1.90. The lowest BCUT2D eigenvalue weighted by Gasteiger charge is -2.08. The highest BCUT2D eigenvalue weighted by Crippen LogP contribution is 2.20. The van der Waals surface area contributed by atoms with E-state index in [1.54, 1.807) is 24.3 Å². The van der Waals surface area contributed by atoms with Crippen LogP contribution < -0.4 is 10.5 Å². The summed E-state index contributed by atoms with van der Waals surface area (Å²) in [7, 11) is -4.00. The van der Waals surface area contributed by atoms with Crippen LogP contribution in [0.4, 0.5) is 0 Å². The first-order valence-electron chi connectivity index (χ1n) is 7.17. The van der Waals surface area contributed by atoms with Crippen molar-refractivity contribution in [1.29, 1.82) is 0 Å². The lowest BCUT2D eigenvalue weighted by Crippen LogP contribution is -2.28. The average molecular weight is 417 g/mol. The van der Waals surface area contributed by atoms with Gasteiger partial charge in [-0.15, -0.1) is 0 Å². The molecule has 0 unspecified atom stereocenters. The fraction of sp³-hybridized carbons (Fsp3) is 0.125. The SMILES string of the molecule is NS(=O)(=O)c1ccc(Cl)c(C(=O)OCC(=O)NCc2ccc(Cl)cc2)c1. The summed E-state index contributed by atoms with van der Waals surface area (Å²) in [6.45, 7) is -0.322. The van der Waals surface area contributed by atoms with Crippen LogP contribution in [0.15, 0.2) is 47.4 Å². The molecule has 0 aliphatic rings. The zero-order valence-corrected chi connectivity index (χ0v) is 15.6. The molecule has 2 aromatic carbocycles. The molecule has 26 heavy (non-hydrogen) atoms. The fourth-order valence-corrected chi connectivity index (χ4v) is 2.76. The normalized spacial score (nSPS) is 11.0. The van der Waals surface area contributed by atoms with Gasteiger partial charge in [-0.05, 0) is 35.9 Å². The number of nitrogens with one attached hydrogen (secondary N) is 1. The molecule has 0 atom stereocenters. The van der Waals surface area contributed by atoms with Gasteiger partial charge in [-0.1, -0.05) is 35.3 Å². The van der Waals surface area contributed by atoms with Crippen LogP contribution in [0.2, 0.25) is 10.0 Å². The average Bonchev–Trinajstić information content (AvgIpc) is 2.58. The van der Waals surface area contributed by atoms with Crippen molar-refractivity contribution < 1.29 is 22.7 Å². The quantitative estimate of drug-likeness (QED) is 0.699. The van der Waals surface area contributed by atoms with Crippen LogP contribution in [-0.4, -0.2) is 26.9 Å². The zero-order chi connectivity index (χ0) is 19.3. The first-order valence-corrected chi connectivity index (χ1v) is 9.47. The third kappa shape index (κ3) is 5.70. The van der Waals surface area contributed by atoms with Gasteiger partial charge >= 0.3 is 5.97 Å². The van der Waals surface area contributed by atoms with E-state index in [1.807, 2.05) is 0 Å². The first-order chi connectivity index (χ1) is 12.2. The van der Waals surface area contributed by atoms with Gasteiger partial charge in [-0.2, -0.15) is 0 Å². The van der Waals surface area contributed by atoms with Gasteiger partial charge in [0, 0.05) is 11.6 Å². The van der Waals surface area contributed by atoms with Gasteiger partial charge in [0.05, 0.1) is 15.5 Å². The molecule has 0 aromatic heterocycles. The van der Waals surface area contributed by atoms with E-state index in [0.717, 1.165) is 17.7 Å². The monoisotopic (exact) mass is 416 g/mol. The molecule has 0 spiro atoms. The molecule has 0 aliphatic heterocycles. The lowest BCUT2D eigenvalue weighted by molar-refractivity contribution is -0.124. The van der Waals surface area contributed by atoms with Gasteiger partial charge in [-0.3, -0.25) is 4.79 Å². The molecule has 138 valence electrons. The topological polar surface area (TPSA) is 116 Å². The van der Waals surface area contributed by atoms with Gasteiger partial charge in [0.1, 0.15) is 0 Å². The number of halogens is 2. The van der Waals surface area contributed by atoms with Crippen molar-refractivity contribution in [2.45, 2.75) is 11.4 Å². The highest BCUT2D eigenvalue weighted by molar-refractivity contribution is 7.89. The minimum absolute atomic E-state index is 0.0241. The van der Waals surface area contributed by atoms with Crippen molar-refractivity contribution in [2.24, 2.45) is 5.14 Å². The van der Waals surface area contributed by atoms with Crippen molar-refractivity contribution >= 4 is 45.1 Å². The Labute approximate surface area is 160 Å². The van der Waals surface area contributed by atoms with Gasteiger partial charge < -0.3 is 10.1 Å². The minimum Gasteiger partial charge on any atom is -0.452 e. The molecule has 0 fully saturated rings. The van der Waals surface area contributed by atoms with Crippen molar-refractivity contribution in [1.82, 2.24) is 5.32 Å². The molecule has 0 heterocycles. The van der Waals surface area contributed by atoms with E-state index in [-0.39, 0.29) is 22.0 Å². The molecule has 3 N–H and O–H groups in total. The van der Waals surface area contributed by atoms with E-state index in [2.05, 4.69) is 5.32 Å². The third-order valence-corrected chi connectivity index (χ3v) is 4.72. The van der Waals surface area contributed by atoms with Crippen LogP contribution in [0.3, 0.4) is 0 Å². The summed E-state index contributed by atoms with van der Waals surface area (Å²) in [5, 5.41) is 8.13. The maximum atomic E-state index is 12.0. The molecule has 0 radical (unpaired) electrons. The maximum absolute atomic E-state index is 12.0. The third-order valence-electron chi connectivity index (χ3n) is 3.22. The largest absolute Gasteiger partial charge is 0.452 e. The Balaban J connectivity index is 1.93. The van der Waals surface area contributed by atoms with Gasteiger partial charge in [0.15, 0.2) is 6.61 Å². The molecular formula is C16H14Cl2N2O5S. The van der Waals surface area contributed by atoms with E-state index >= 15 is 0 Å². The Bertz CT molecular complexity index is 930. The molecule has 2 rings (SSSR count). The number of amides is 1. The number of primary sulfonamides is 1. The number of carbonyl (C=O) groups excluding carboxylic acids is 2. The Morgan fingerprint density at radius 1 is 1.08 bits per heavy atom. The van der Waals surface area contributed by atoms with Crippen molar-refractivity contribution in [3.8, 4) is 0 Å². The summed E-state index contributed by atoms with van der Waals surface area (Å²) in [4.78, 5) is 23.5. The number of hydrogen-bond acceptors (Lipinski definition) is 5. The molecule has 0 saturated heterocycles. The molecule has 0 aliphatic carbocycles. The summed E-state index contributed by atoms with van der Waals surface area (Å²) >= 11 is 11.6. The molecule has 1 amide bonds. The van der Waals surface area contributed by atoms with E-state index < -0.39 is 28.5 Å². The Morgan fingerprint density at radius 2 is 1.73 bits per heavy atom. The number of carbonyl (C=O) groups is 2. The summed E-state index contributed by atoms with van der Waals surface area (Å²) in [5.74, 6) is -1.48. The van der Waals surface area contributed by atoms with E-state index in [1.165, 1.54) is 6.07 Å². The second-order valence-electron chi connectivity index (χ2n) is 5.17. The van der Waals surface area contributed by atoms with E-state index in [9.17, 15) is 18.0 Å². The lowest BCUT2D eigenvalue weighted by atomic mass is 10.2. The predicted molar refractivity (Wildman–Crippen MR) is 96.4 cm³/mol. The number of hydrogen-bond donors (Lipinski definition) is 2. The van der Waals surface area contributed by atoms with Crippen LogP contribution in [0.25, 0.3) is 0 Å². The van der Waals surface area contributed by atoms with E-state index in [4.69, 9.17) is 33.1 Å². The zero-order valence-electron chi connectivity index (χ0n) is 13.2. The number of nitrogens with two attached hydrogens (primary N) is 1. The summed E-state index contributed by atoms with van der Waals surface area (Å²) in [6, 6.07) is 10.2. The first kappa shape index (κ1) is 20.2. The molecule has 10 heteroatoms. The Morgan fingerprint density at radius 3 is 2.35 bits per heavy atom. The van der Waals surface area contributed by atoms with Crippen LogP contribution >= 0.6 is 23.2 Å². The minimum atomic E-state index is -4.00. The standard InChI is InChI=1S/C16H14Cl2N2O5S/c17-11-3-1-10(2-4-11)8-20-15(21)9-25-16(22)13-7-12(26(19,23)24)5-6-14(13)18/h1-7H,8-9H2,(H,20,21)(H2,19,23,24). The number of ether oxygens (including phenoxy) is 1. The molecular weight excluding hydrogens is 403 g/mol. The van der Waals surface area contributed by atoms with Crippen LogP contribution in [0.5, 0.6) is 0 Å². The number of esters is 1.